The minimum Gasteiger partial charge on any atom is -0.472 e. The Morgan fingerprint density at radius 1 is 0.878 bits per heavy atom. The number of nitrogens with one attached hydrogen (secondary N) is 1. The number of benzene rings is 1. The molecule has 2 saturated carbocycles. The average Bonchev–Trinajstić information content (AvgIpc) is 3.81. The molecule has 4 aliphatic rings. The van der Waals surface area contributed by atoms with Crippen LogP contribution in [0.1, 0.15) is 90.2 Å². The van der Waals surface area contributed by atoms with Gasteiger partial charge in [0, 0.05) is 30.7 Å². The van der Waals surface area contributed by atoms with Gasteiger partial charge in [-0.25, -0.2) is 24.0 Å². The van der Waals surface area contributed by atoms with Crippen LogP contribution in [-0.4, -0.2) is 128 Å². The maximum absolute atomic E-state index is 16.9. The van der Waals surface area contributed by atoms with Crippen LogP contribution in [0.2, 0.25) is 0 Å². The summed E-state index contributed by atoms with van der Waals surface area (Å²) in [7, 11) is 0. The number of fused-ring (bicyclic) bond motifs is 5. The summed E-state index contributed by atoms with van der Waals surface area (Å²) in [6, 6.07) is 5.72. The minimum atomic E-state index is -4.71. The van der Waals surface area contributed by atoms with Gasteiger partial charge in [0.05, 0.1) is 36.0 Å². The van der Waals surface area contributed by atoms with E-state index in [2.05, 4.69) is 0 Å². The molecule has 0 spiro atoms. The summed E-state index contributed by atoms with van der Waals surface area (Å²) < 4.78 is 85.4. The van der Waals surface area contributed by atoms with E-state index in [1.54, 1.807) is 6.07 Å². The quantitative estimate of drug-likeness (QED) is 0.0870. The summed E-state index contributed by atoms with van der Waals surface area (Å²) in [5, 5.41) is 15.9. The lowest BCUT2D eigenvalue weighted by atomic mass is 9.44. The molecule has 0 radical (unpaired) electrons. The molecule has 408 valence electrons. The van der Waals surface area contributed by atoms with E-state index in [1.807, 2.05) is 5.32 Å². The molecular weight excluding hydrogens is 1120 g/mol. The van der Waals surface area contributed by atoms with Gasteiger partial charge in [0.1, 0.15) is 54.9 Å². The summed E-state index contributed by atoms with van der Waals surface area (Å²) in [5.74, 6) is -12.4. The molecule has 19 nitrogen and oxygen atoms in total. The molecule has 10 atom stereocenters. The second-order valence-corrected chi connectivity index (χ2v) is 24.8. The zero-order valence-electron chi connectivity index (χ0n) is 40.6. The Labute approximate surface area is 452 Å². The standard InChI is InChI=1S/C47H51Cl6F2NO18/c1-22-26(69-36(60)47(54,55)32(25-14-15-65-18-25)56-37(61)74-40(3,4)5)17-44(64)34(72-35(59)24-12-10-9-11-13-24)31-42(8,33(58)30(29(22)41(44,6)7)71-39(63)68-21-46(51,52)53)27(70-38(62)67-20-45(48,49)50)16-28-43(31,19-66-28)73-23(2)57/h9-15,18,26-28,30-32,34,64H,16-17,19-21H2,1-8H3,(H,56,61)/t26-,27-,28+,30+,31-,32?,34-,42+,43-,44+/m0/s1. The van der Waals surface area contributed by atoms with Crippen molar-refractivity contribution in [3.8, 4) is 0 Å². The molecule has 27 heteroatoms. The van der Waals surface area contributed by atoms with E-state index in [9.17, 15) is 33.9 Å². The molecule has 2 N–H and O–H groups in total. The molecule has 1 aromatic heterocycles. The molecule has 3 aliphatic carbocycles. The fourth-order valence-electron chi connectivity index (χ4n) is 10.1. The maximum atomic E-state index is 16.9. The predicted molar refractivity (Wildman–Crippen MR) is 256 cm³/mol. The Balaban J connectivity index is 1.62. The Hall–Kier alpha value is -4.35. The molecule has 2 bridgehead atoms. The largest absolute Gasteiger partial charge is 0.509 e. The molecule has 2 aromatic rings. The number of esters is 3. The van der Waals surface area contributed by atoms with Crippen molar-refractivity contribution < 1.29 is 94.5 Å². The van der Waals surface area contributed by atoms with E-state index < -0.39 is 170 Å². The Morgan fingerprint density at radius 3 is 1.99 bits per heavy atom. The number of alkyl carbamates (subject to hydrolysis) is 1. The number of hydrogen-bond donors (Lipinski definition) is 2. The third-order valence-corrected chi connectivity index (χ3v) is 14.1. The van der Waals surface area contributed by atoms with Crippen LogP contribution in [0.25, 0.3) is 0 Å². The van der Waals surface area contributed by atoms with E-state index in [-0.39, 0.29) is 11.1 Å². The summed E-state index contributed by atoms with van der Waals surface area (Å²) in [5.41, 5.74) is -12.0. The zero-order chi connectivity index (χ0) is 55.4. The number of aliphatic hydroxyl groups is 1. The summed E-state index contributed by atoms with van der Waals surface area (Å²) in [6.45, 7) is 7.99. The number of hydrogen-bond acceptors (Lipinski definition) is 18. The van der Waals surface area contributed by atoms with Gasteiger partial charge in [-0.15, -0.1) is 0 Å². The molecule has 1 aliphatic heterocycles. The second kappa shape index (κ2) is 21.2. The van der Waals surface area contributed by atoms with E-state index in [4.69, 9.17) is 117 Å². The first-order valence-corrected chi connectivity index (χ1v) is 24.7. The molecule has 74 heavy (non-hydrogen) atoms. The van der Waals surface area contributed by atoms with Gasteiger partial charge in [-0.2, -0.15) is 8.78 Å². The van der Waals surface area contributed by atoms with Gasteiger partial charge in [0.25, 0.3) is 0 Å². The number of ether oxygens (including phenoxy) is 9. The second-order valence-electron chi connectivity index (χ2n) is 19.8. The first-order chi connectivity index (χ1) is 34.0. The van der Waals surface area contributed by atoms with Crippen LogP contribution in [0.15, 0.2) is 64.5 Å². The van der Waals surface area contributed by atoms with Gasteiger partial charge in [-0.3, -0.25) is 9.59 Å². The van der Waals surface area contributed by atoms with Crippen LogP contribution in [0.5, 0.6) is 0 Å². The lowest BCUT2D eigenvalue weighted by molar-refractivity contribution is -0.346. The summed E-state index contributed by atoms with van der Waals surface area (Å²) in [6.07, 6.45) is -14.1. The van der Waals surface area contributed by atoms with Crippen molar-refractivity contribution in [1.29, 1.82) is 0 Å². The fraction of sp³-hybridized carbons (Fsp3) is 0.596. The van der Waals surface area contributed by atoms with Gasteiger partial charge >= 0.3 is 42.2 Å². The van der Waals surface area contributed by atoms with Crippen LogP contribution >= 0.6 is 69.6 Å². The van der Waals surface area contributed by atoms with Gasteiger partial charge in [-0.05, 0) is 64.0 Å². The Bertz CT molecular complexity index is 2530. The number of alkyl halides is 8. The number of Topliss-reactive ketones (excluding diaryl/α,β-unsaturated/α-hetero) is 1. The van der Waals surface area contributed by atoms with Crippen molar-refractivity contribution in [1.82, 2.24) is 5.32 Å². The van der Waals surface area contributed by atoms with Crippen molar-refractivity contribution in [2.75, 3.05) is 19.8 Å². The topological polar surface area (TPSA) is 248 Å². The molecule has 1 aromatic carbocycles. The highest BCUT2D eigenvalue weighted by Crippen LogP contribution is 2.65. The van der Waals surface area contributed by atoms with Gasteiger partial charge in [0.2, 0.25) is 7.59 Å². The van der Waals surface area contributed by atoms with Crippen LogP contribution in [0.3, 0.4) is 0 Å². The molecule has 1 amide bonds. The van der Waals surface area contributed by atoms with Crippen molar-refractivity contribution in [3.05, 3.63) is 71.2 Å². The van der Waals surface area contributed by atoms with E-state index in [0.717, 1.165) is 25.5 Å². The highest BCUT2D eigenvalue weighted by atomic mass is 35.6. The lowest BCUT2D eigenvalue weighted by Gasteiger charge is -2.67. The third kappa shape index (κ3) is 11.9. The van der Waals surface area contributed by atoms with Crippen molar-refractivity contribution in [2.45, 2.75) is 135 Å². The van der Waals surface area contributed by atoms with Crippen LogP contribution in [-0.2, 0) is 57.0 Å². The van der Waals surface area contributed by atoms with Crippen molar-refractivity contribution in [2.24, 2.45) is 16.7 Å². The van der Waals surface area contributed by atoms with E-state index in [1.165, 1.54) is 72.7 Å². The Morgan fingerprint density at radius 2 is 1.47 bits per heavy atom. The van der Waals surface area contributed by atoms with Gasteiger partial charge < -0.3 is 57.5 Å². The van der Waals surface area contributed by atoms with E-state index >= 15 is 13.6 Å². The van der Waals surface area contributed by atoms with Crippen LogP contribution in [0.4, 0.5) is 23.2 Å². The molecule has 1 unspecified atom stereocenters. The SMILES string of the molecule is CC(=O)O[C@@]12CO[C@@H]1C[C@H](OC(=O)OCC(Cl)(Cl)Cl)[C@@]1(C)C(=O)[C@H](OC(=O)OCC(Cl)(Cl)Cl)C3=C(C)[C@@H](OC(=O)C(F)(F)C(NC(=O)OC(C)(C)C)c4ccoc4)C[C@@](O)([C@@H](OC(=O)c4ccccc4)[C@H]21)C3(C)C. The Kier molecular flexibility index (Phi) is 16.9. The number of rotatable bonds is 12. The minimum absolute atomic E-state index is 0.128. The first-order valence-electron chi connectivity index (χ1n) is 22.4. The smallest absolute Gasteiger partial charge is 0.472 e. The molecule has 2 heterocycles. The number of ketones is 1. The highest BCUT2D eigenvalue weighted by Gasteiger charge is 2.79. The average molecular weight is 1170 g/mol. The van der Waals surface area contributed by atoms with Crippen LogP contribution < -0.4 is 5.32 Å². The number of carbonyl (C=O) groups excluding carboxylic acids is 7. The summed E-state index contributed by atoms with van der Waals surface area (Å²) in [4.78, 5) is 98.7. The number of halogens is 8. The predicted octanol–water partition coefficient (Wildman–Crippen LogP) is 9.19. The molecular formula is C47H51Cl6F2NO18. The van der Waals surface area contributed by atoms with Crippen LogP contribution in [0, 0.1) is 16.7 Å². The molecule has 1 saturated heterocycles. The molecule has 6 rings (SSSR count). The fourth-order valence-corrected chi connectivity index (χ4v) is 10.5. The zero-order valence-corrected chi connectivity index (χ0v) is 45.1. The lowest BCUT2D eigenvalue weighted by Crippen LogP contribution is -2.82. The van der Waals surface area contributed by atoms with E-state index in [0.29, 0.717) is 0 Å². The normalized spacial score (nSPS) is 29.0. The molecule has 3 fully saturated rings. The van der Waals surface area contributed by atoms with Crippen molar-refractivity contribution in [3.63, 3.8) is 0 Å². The monoisotopic (exact) mass is 1170 g/mol. The number of carbonyl (C=O) groups is 7. The van der Waals surface area contributed by atoms with Gasteiger partial charge in [-0.1, -0.05) is 102 Å². The highest BCUT2D eigenvalue weighted by molar-refractivity contribution is 6.68. The number of furan rings is 1. The summed E-state index contributed by atoms with van der Waals surface area (Å²) >= 11 is 35.2. The number of amides is 1. The first kappa shape index (κ1) is 58.9. The van der Waals surface area contributed by atoms with Gasteiger partial charge in [0.15, 0.2) is 17.5 Å². The van der Waals surface area contributed by atoms with Crippen molar-refractivity contribution >= 4 is 112 Å². The maximum Gasteiger partial charge on any atom is 0.509 e. The third-order valence-electron chi connectivity index (χ3n) is 13.4.